The number of carbonyl (C=O) groups is 1. The Morgan fingerprint density at radius 3 is 2.52 bits per heavy atom. The molecule has 162 valence electrons. The molecule has 2 aromatic heterocycles. The van der Waals surface area contributed by atoms with E-state index >= 15 is 0 Å². The molecule has 1 fully saturated rings. The van der Waals surface area contributed by atoms with Gasteiger partial charge < -0.3 is 9.73 Å². The number of aromatic nitrogens is 2. The van der Waals surface area contributed by atoms with E-state index in [0.717, 1.165) is 12.1 Å². The molecule has 7 heteroatoms. The van der Waals surface area contributed by atoms with Crippen molar-refractivity contribution in [1.29, 1.82) is 0 Å². The fourth-order valence-corrected chi connectivity index (χ4v) is 4.50. The zero-order valence-corrected chi connectivity index (χ0v) is 18.9. The third kappa shape index (κ3) is 5.35. The Hall–Kier alpha value is -2.64. The van der Waals surface area contributed by atoms with Crippen molar-refractivity contribution in [3.8, 4) is 11.6 Å². The van der Waals surface area contributed by atoms with Crippen LogP contribution in [0, 0.1) is 6.92 Å². The molecule has 1 aliphatic rings. The number of hydrogen-bond acceptors (Lipinski definition) is 6. The second kappa shape index (κ2) is 10.1. The van der Waals surface area contributed by atoms with E-state index in [9.17, 15) is 4.79 Å². The first-order valence-corrected chi connectivity index (χ1v) is 11.9. The summed E-state index contributed by atoms with van der Waals surface area (Å²) >= 11 is 1.43. The highest BCUT2D eigenvalue weighted by Gasteiger charge is 2.19. The topological polar surface area (TPSA) is 71.3 Å². The Morgan fingerprint density at radius 1 is 1.10 bits per heavy atom. The number of piperidine rings is 1. The van der Waals surface area contributed by atoms with Gasteiger partial charge in [-0.1, -0.05) is 30.7 Å². The molecule has 1 saturated heterocycles. The Balaban J connectivity index is 1.40. The molecule has 0 saturated carbocycles. The van der Waals surface area contributed by atoms with Crippen LogP contribution in [0.4, 0.5) is 0 Å². The number of nitrogens with one attached hydrogen (secondary N) is 1. The van der Waals surface area contributed by atoms with Crippen molar-refractivity contribution in [3.05, 3.63) is 65.0 Å². The molecule has 6 nitrogen and oxygen atoms in total. The summed E-state index contributed by atoms with van der Waals surface area (Å²) in [6, 6.07) is 12.1. The zero-order valence-electron chi connectivity index (χ0n) is 18.1. The van der Waals surface area contributed by atoms with Crippen LogP contribution in [0.1, 0.15) is 46.4 Å². The standard InChI is InChI=1S/C24H28N4O2S/c1-17-21(24(31-2)27-22(26-17)20-7-6-14-30-20)23(29)25-15-18-8-10-19(11-9-18)16-28-12-4-3-5-13-28/h6-11,14H,3-5,12-13,15-16H2,1-2H3,(H,25,29). The highest BCUT2D eigenvalue weighted by atomic mass is 32.2. The lowest BCUT2D eigenvalue weighted by atomic mass is 10.1. The van der Waals surface area contributed by atoms with E-state index in [2.05, 4.69) is 44.5 Å². The van der Waals surface area contributed by atoms with Crippen molar-refractivity contribution < 1.29 is 9.21 Å². The van der Waals surface area contributed by atoms with Gasteiger partial charge in [-0.2, -0.15) is 0 Å². The predicted octanol–water partition coefficient (Wildman–Crippen LogP) is 4.68. The molecule has 0 spiro atoms. The maximum Gasteiger partial charge on any atom is 0.256 e. The van der Waals surface area contributed by atoms with E-state index in [1.54, 1.807) is 12.3 Å². The van der Waals surface area contributed by atoms with Gasteiger partial charge in [-0.25, -0.2) is 9.97 Å². The maximum atomic E-state index is 12.9. The molecular weight excluding hydrogens is 408 g/mol. The van der Waals surface area contributed by atoms with Crippen LogP contribution in [-0.2, 0) is 13.1 Å². The van der Waals surface area contributed by atoms with Crippen LogP contribution in [0.2, 0.25) is 0 Å². The SMILES string of the molecule is CSc1nc(-c2ccco2)nc(C)c1C(=O)NCc1ccc(CN2CCCCC2)cc1. The van der Waals surface area contributed by atoms with Gasteiger partial charge in [-0.05, 0) is 62.4 Å². The van der Waals surface area contributed by atoms with E-state index in [1.165, 1.54) is 49.7 Å². The largest absolute Gasteiger partial charge is 0.461 e. The maximum absolute atomic E-state index is 12.9. The molecule has 0 bridgehead atoms. The second-order valence-corrected chi connectivity index (χ2v) is 8.63. The molecule has 4 rings (SSSR count). The molecule has 1 amide bonds. The number of benzene rings is 1. The van der Waals surface area contributed by atoms with Gasteiger partial charge in [0.05, 0.1) is 17.5 Å². The van der Waals surface area contributed by atoms with Gasteiger partial charge in [-0.3, -0.25) is 9.69 Å². The lowest BCUT2D eigenvalue weighted by Crippen LogP contribution is -2.29. The number of furan rings is 1. The number of nitrogens with zero attached hydrogens (tertiary/aromatic N) is 3. The third-order valence-corrected chi connectivity index (χ3v) is 6.23. The second-order valence-electron chi connectivity index (χ2n) is 7.83. The summed E-state index contributed by atoms with van der Waals surface area (Å²) in [6.07, 6.45) is 7.45. The normalized spacial score (nSPS) is 14.5. The lowest BCUT2D eigenvalue weighted by Gasteiger charge is -2.26. The van der Waals surface area contributed by atoms with Crippen LogP contribution >= 0.6 is 11.8 Å². The van der Waals surface area contributed by atoms with Crippen molar-refractivity contribution in [2.24, 2.45) is 0 Å². The summed E-state index contributed by atoms with van der Waals surface area (Å²) in [6.45, 7) is 5.68. The predicted molar refractivity (Wildman–Crippen MR) is 123 cm³/mol. The minimum absolute atomic E-state index is 0.162. The Kier molecular flexibility index (Phi) is 7.04. The first kappa shape index (κ1) is 21.6. The van der Waals surface area contributed by atoms with Gasteiger partial charge in [0, 0.05) is 13.1 Å². The van der Waals surface area contributed by atoms with Crippen molar-refractivity contribution >= 4 is 17.7 Å². The molecule has 0 aliphatic carbocycles. The minimum atomic E-state index is -0.162. The summed E-state index contributed by atoms with van der Waals surface area (Å²) in [5.41, 5.74) is 3.55. The molecule has 0 radical (unpaired) electrons. The van der Waals surface area contributed by atoms with Gasteiger partial charge in [0.15, 0.2) is 11.6 Å². The highest BCUT2D eigenvalue weighted by Crippen LogP contribution is 2.25. The molecule has 1 aliphatic heterocycles. The molecule has 0 unspecified atom stereocenters. The van der Waals surface area contributed by atoms with Gasteiger partial charge in [0.2, 0.25) is 0 Å². The monoisotopic (exact) mass is 436 g/mol. The number of amides is 1. The van der Waals surface area contributed by atoms with E-state index in [0.29, 0.717) is 34.4 Å². The van der Waals surface area contributed by atoms with Crippen LogP contribution in [0.5, 0.6) is 0 Å². The molecule has 31 heavy (non-hydrogen) atoms. The number of carbonyl (C=O) groups excluding carboxylic acids is 1. The van der Waals surface area contributed by atoms with E-state index < -0.39 is 0 Å². The van der Waals surface area contributed by atoms with Crippen molar-refractivity contribution in [2.45, 2.75) is 44.3 Å². The number of aryl methyl sites for hydroxylation is 1. The fraction of sp³-hybridized carbons (Fsp3) is 0.375. The highest BCUT2D eigenvalue weighted by molar-refractivity contribution is 7.98. The minimum Gasteiger partial charge on any atom is -0.461 e. The number of hydrogen-bond donors (Lipinski definition) is 1. The van der Waals surface area contributed by atoms with E-state index in [-0.39, 0.29) is 5.91 Å². The summed E-state index contributed by atoms with van der Waals surface area (Å²) in [7, 11) is 0. The Labute approximate surface area is 187 Å². The Bertz CT molecular complexity index is 1010. The lowest BCUT2D eigenvalue weighted by molar-refractivity contribution is 0.0946. The number of likely N-dealkylation sites (tertiary alicyclic amines) is 1. The quantitative estimate of drug-likeness (QED) is 0.428. The van der Waals surface area contributed by atoms with Gasteiger partial charge in [0.25, 0.3) is 5.91 Å². The van der Waals surface area contributed by atoms with E-state index in [1.807, 2.05) is 19.2 Å². The van der Waals surface area contributed by atoms with Crippen LogP contribution < -0.4 is 5.32 Å². The summed E-state index contributed by atoms with van der Waals surface area (Å²) < 4.78 is 5.40. The summed E-state index contributed by atoms with van der Waals surface area (Å²) in [5, 5.41) is 3.67. The van der Waals surface area contributed by atoms with Crippen LogP contribution in [-0.4, -0.2) is 40.1 Å². The average Bonchev–Trinajstić information content (AvgIpc) is 3.33. The van der Waals surface area contributed by atoms with Crippen LogP contribution in [0.3, 0.4) is 0 Å². The van der Waals surface area contributed by atoms with Crippen LogP contribution in [0.25, 0.3) is 11.6 Å². The molecule has 3 heterocycles. The number of thioether (sulfide) groups is 1. The number of rotatable bonds is 7. The molecular formula is C24H28N4O2S. The first-order chi connectivity index (χ1) is 15.1. The molecule has 0 atom stereocenters. The fourth-order valence-electron chi connectivity index (χ4n) is 3.88. The average molecular weight is 437 g/mol. The molecule has 1 aromatic carbocycles. The molecule has 1 N–H and O–H groups in total. The van der Waals surface area contributed by atoms with Gasteiger partial charge in [-0.15, -0.1) is 11.8 Å². The van der Waals surface area contributed by atoms with Crippen molar-refractivity contribution in [3.63, 3.8) is 0 Å². The summed E-state index contributed by atoms with van der Waals surface area (Å²) in [4.78, 5) is 24.4. The van der Waals surface area contributed by atoms with Gasteiger partial charge in [0.1, 0.15) is 5.03 Å². The van der Waals surface area contributed by atoms with Crippen molar-refractivity contribution in [1.82, 2.24) is 20.2 Å². The van der Waals surface area contributed by atoms with Crippen LogP contribution in [0.15, 0.2) is 52.1 Å². The molecule has 3 aromatic rings. The third-order valence-electron chi connectivity index (χ3n) is 5.55. The van der Waals surface area contributed by atoms with Crippen molar-refractivity contribution in [2.75, 3.05) is 19.3 Å². The zero-order chi connectivity index (χ0) is 21.6. The first-order valence-electron chi connectivity index (χ1n) is 10.7. The smallest absolute Gasteiger partial charge is 0.256 e. The Morgan fingerprint density at radius 2 is 1.84 bits per heavy atom. The summed E-state index contributed by atoms with van der Waals surface area (Å²) in [5.74, 6) is 0.924. The van der Waals surface area contributed by atoms with E-state index in [4.69, 9.17) is 4.42 Å². The van der Waals surface area contributed by atoms with Gasteiger partial charge >= 0.3 is 0 Å².